The summed E-state index contributed by atoms with van der Waals surface area (Å²) in [4.78, 5) is 4.70. The van der Waals surface area contributed by atoms with E-state index in [1.54, 1.807) is 30.3 Å². The lowest BCUT2D eigenvalue weighted by Crippen LogP contribution is -1.95. The number of anilines is 1. The van der Waals surface area contributed by atoms with Gasteiger partial charge in [-0.2, -0.15) is 0 Å². The molecule has 0 aliphatic heterocycles. The first-order valence-electron chi connectivity index (χ1n) is 4.95. The molecule has 0 unspecified atom stereocenters. The van der Waals surface area contributed by atoms with Crippen LogP contribution in [0.25, 0.3) is 0 Å². The highest BCUT2D eigenvalue weighted by molar-refractivity contribution is 7.98. The molecule has 0 fully saturated rings. The van der Waals surface area contributed by atoms with Gasteiger partial charge in [-0.15, -0.1) is 11.8 Å². The standard InChI is InChI=1S/C12H10ClFN2S/c13-8-5-6-12(15)16-10(8)7-17-11-4-2-1-3-9(11)14/h1-6H,7H2,(H2,15,16). The van der Waals surface area contributed by atoms with E-state index >= 15 is 0 Å². The molecule has 1 aromatic carbocycles. The Balaban J connectivity index is 2.12. The van der Waals surface area contributed by atoms with Crippen LogP contribution in [0.5, 0.6) is 0 Å². The third-order valence-corrected chi connectivity index (χ3v) is 3.55. The number of rotatable bonds is 3. The van der Waals surface area contributed by atoms with Crippen LogP contribution in [0.1, 0.15) is 5.69 Å². The Kier molecular flexibility index (Phi) is 3.86. The number of hydrogen-bond donors (Lipinski definition) is 1. The Morgan fingerprint density at radius 2 is 2.00 bits per heavy atom. The normalized spacial score (nSPS) is 10.5. The third kappa shape index (κ3) is 3.11. The molecule has 2 aromatic rings. The first-order chi connectivity index (χ1) is 8.16. The largest absolute Gasteiger partial charge is 0.384 e. The number of aromatic nitrogens is 1. The number of nitrogen functional groups attached to an aromatic ring is 1. The van der Waals surface area contributed by atoms with Crippen molar-refractivity contribution in [1.82, 2.24) is 4.98 Å². The molecule has 1 aromatic heterocycles. The van der Waals surface area contributed by atoms with Crippen LogP contribution in [0.3, 0.4) is 0 Å². The highest BCUT2D eigenvalue weighted by Crippen LogP contribution is 2.27. The van der Waals surface area contributed by atoms with E-state index < -0.39 is 0 Å². The van der Waals surface area contributed by atoms with E-state index in [4.69, 9.17) is 17.3 Å². The Bertz CT molecular complexity index is 534. The maximum Gasteiger partial charge on any atom is 0.136 e. The molecule has 0 spiro atoms. The molecule has 0 amide bonds. The van der Waals surface area contributed by atoms with Crippen molar-refractivity contribution in [3.05, 3.63) is 52.9 Å². The summed E-state index contributed by atoms with van der Waals surface area (Å²) in [5.74, 6) is 0.668. The minimum atomic E-state index is -0.238. The fourth-order valence-corrected chi connectivity index (χ4v) is 2.45. The average Bonchev–Trinajstić information content (AvgIpc) is 2.32. The lowest BCUT2D eigenvalue weighted by atomic mass is 10.3. The molecule has 0 saturated heterocycles. The van der Waals surface area contributed by atoms with Crippen molar-refractivity contribution in [3.63, 3.8) is 0 Å². The van der Waals surface area contributed by atoms with Crippen LogP contribution in [0.15, 0.2) is 41.3 Å². The summed E-state index contributed by atoms with van der Waals surface area (Å²) in [6, 6.07) is 9.93. The first kappa shape index (κ1) is 12.2. The van der Waals surface area contributed by atoms with Gasteiger partial charge in [-0.1, -0.05) is 23.7 Å². The molecule has 5 heteroatoms. The van der Waals surface area contributed by atoms with E-state index in [0.29, 0.717) is 27.2 Å². The summed E-state index contributed by atoms with van der Waals surface area (Å²) in [5, 5.41) is 0.544. The molecule has 0 bridgehead atoms. The van der Waals surface area contributed by atoms with Gasteiger partial charge in [0.15, 0.2) is 0 Å². The van der Waals surface area contributed by atoms with Crippen LogP contribution >= 0.6 is 23.4 Å². The second kappa shape index (κ2) is 5.38. The number of benzene rings is 1. The summed E-state index contributed by atoms with van der Waals surface area (Å²) < 4.78 is 13.4. The summed E-state index contributed by atoms with van der Waals surface area (Å²) in [7, 11) is 0. The van der Waals surface area contributed by atoms with Crippen LogP contribution in [0.4, 0.5) is 10.2 Å². The first-order valence-corrected chi connectivity index (χ1v) is 6.31. The second-order valence-corrected chi connectivity index (χ2v) is 4.81. The molecule has 0 aliphatic carbocycles. The molecule has 17 heavy (non-hydrogen) atoms. The minimum Gasteiger partial charge on any atom is -0.384 e. The zero-order valence-electron chi connectivity index (χ0n) is 8.86. The minimum absolute atomic E-state index is 0.238. The van der Waals surface area contributed by atoms with Gasteiger partial charge in [0, 0.05) is 10.6 Å². The molecular weight excluding hydrogens is 259 g/mol. The molecule has 0 atom stereocenters. The summed E-state index contributed by atoms with van der Waals surface area (Å²) in [6.07, 6.45) is 0. The number of nitrogens with two attached hydrogens (primary N) is 1. The maximum atomic E-state index is 13.4. The molecule has 1 heterocycles. The Morgan fingerprint density at radius 3 is 2.76 bits per heavy atom. The van der Waals surface area contributed by atoms with Crippen molar-refractivity contribution in [2.45, 2.75) is 10.6 Å². The third-order valence-electron chi connectivity index (χ3n) is 2.14. The molecule has 2 rings (SSSR count). The molecule has 2 nitrogen and oxygen atoms in total. The molecule has 2 N–H and O–H groups in total. The average molecular weight is 269 g/mol. The lowest BCUT2D eigenvalue weighted by Gasteiger charge is -2.05. The predicted molar refractivity (Wildman–Crippen MR) is 69.6 cm³/mol. The van der Waals surface area contributed by atoms with Gasteiger partial charge >= 0.3 is 0 Å². The van der Waals surface area contributed by atoms with E-state index in [9.17, 15) is 4.39 Å². The Hall–Kier alpha value is -1.26. The van der Waals surface area contributed by atoms with Crippen molar-refractivity contribution in [2.24, 2.45) is 0 Å². The maximum absolute atomic E-state index is 13.4. The van der Waals surface area contributed by atoms with E-state index in [0.717, 1.165) is 0 Å². The zero-order valence-corrected chi connectivity index (χ0v) is 10.4. The van der Waals surface area contributed by atoms with E-state index in [-0.39, 0.29) is 5.82 Å². The molecule has 88 valence electrons. The monoisotopic (exact) mass is 268 g/mol. The van der Waals surface area contributed by atoms with E-state index in [1.807, 2.05) is 0 Å². The SMILES string of the molecule is Nc1ccc(Cl)c(CSc2ccccc2F)n1. The van der Waals surface area contributed by atoms with Crippen molar-refractivity contribution in [1.29, 1.82) is 0 Å². The van der Waals surface area contributed by atoms with Gasteiger partial charge < -0.3 is 5.73 Å². The number of pyridine rings is 1. The highest BCUT2D eigenvalue weighted by atomic mass is 35.5. The van der Waals surface area contributed by atoms with Gasteiger partial charge in [-0.25, -0.2) is 9.37 Å². The summed E-state index contributed by atoms with van der Waals surface area (Å²) >= 11 is 7.32. The quantitative estimate of drug-likeness (QED) is 0.862. The van der Waals surface area contributed by atoms with Crippen molar-refractivity contribution in [2.75, 3.05) is 5.73 Å². The summed E-state index contributed by atoms with van der Waals surface area (Å²) in [6.45, 7) is 0. The van der Waals surface area contributed by atoms with Gasteiger partial charge in [0.2, 0.25) is 0 Å². The van der Waals surface area contributed by atoms with E-state index in [1.165, 1.54) is 17.8 Å². The van der Waals surface area contributed by atoms with Crippen molar-refractivity contribution < 1.29 is 4.39 Å². The topological polar surface area (TPSA) is 38.9 Å². The Labute approximate surface area is 108 Å². The lowest BCUT2D eigenvalue weighted by molar-refractivity contribution is 0.602. The Morgan fingerprint density at radius 1 is 1.24 bits per heavy atom. The fourth-order valence-electron chi connectivity index (χ4n) is 1.31. The zero-order chi connectivity index (χ0) is 12.3. The van der Waals surface area contributed by atoms with Gasteiger partial charge in [0.05, 0.1) is 10.7 Å². The fraction of sp³-hybridized carbons (Fsp3) is 0.0833. The van der Waals surface area contributed by atoms with Gasteiger partial charge in [0.25, 0.3) is 0 Å². The van der Waals surface area contributed by atoms with Crippen LogP contribution in [0, 0.1) is 5.82 Å². The van der Waals surface area contributed by atoms with Gasteiger partial charge in [-0.3, -0.25) is 0 Å². The van der Waals surface area contributed by atoms with Gasteiger partial charge in [0.1, 0.15) is 11.6 Å². The van der Waals surface area contributed by atoms with Crippen LogP contribution in [-0.2, 0) is 5.75 Å². The number of halogens is 2. The summed E-state index contributed by atoms with van der Waals surface area (Å²) in [5.41, 5.74) is 6.24. The van der Waals surface area contributed by atoms with Crippen molar-refractivity contribution in [3.8, 4) is 0 Å². The number of nitrogens with zero attached hydrogens (tertiary/aromatic N) is 1. The van der Waals surface area contributed by atoms with Gasteiger partial charge in [-0.05, 0) is 24.3 Å². The number of hydrogen-bond acceptors (Lipinski definition) is 3. The highest BCUT2D eigenvalue weighted by Gasteiger charge is 2.06. The van der Waals surface area contributed by atoms with Crippen LogP contribution in [-0.4, -0.2) is 4.98 Å². The molecule has 0 aliphatic rings. The van der Waals surface area contributed by atoms with Crippen LogP contribution < -0.4 is 5.73 Å². The second-order valence-electron chi connectivity index (χ2n) is 3.38. The smallest absolute Gasteiger partial charge is 0.136 e. The van der Waals surface area contributed by atoms with Crippen LogP contribution in [0.2, 0.25) is 5.02 Å². The predicted octanol–water partition coefficient (Wildman–Crippen LogP) is 3.75. The molecule has 0 radical (unpaired) electrons. The number of thioether (sulfide) groups is 1. The van der Waals surface area contributed by atoms with Crippen molar-refractivity contribution >= 4 is 29.2 Å². The molecular formula is C12H10ClFN2S. The van der Waals surface area contributed by atoms with E-state index in [2.05, 4.69) is 4.98 Å². The molecule has 0 saturated carbocycles.